The second-order valence-electron chi connectivity index (χ2n) is 6.27. The molecular formula is C17H20ClNO3. The molecule has 4 nitrogen and oxygen atoms in total. The maximum Gasteiger partial charge on any atom is 0.336 e. The summed E-state index contributed by atoms with van der Waals surface area (Å²) in [7, 11) is 0. The third-order valence-electron chi connectivity index (χ3n) is 4.73. The number of aryl methyl sites for hydroxylation is 1. The normalized spacial score (nSPS) is 22.1. The van der Waals surface area contributed by atoms with Crippen molar-refractivity contribution in [3.8, 4) is 5.75 Å². The predicted molar refractivity (Wildman–Crippen MR) is 84.5 cm³/mol. The number of nitrogens with one attached hydrogen (secondary N) is 1. The maximum absolute atomic E-state index is 12.5. The summed E-state index contributed by atoms with van der Waals surface area (Å²) in [5, 5.41) is 13.4. The smallest absolute Gasteiger partial charge is 0.336 e. The molecule has 22 heavy (non-hydrogen) atoms. The molecule has 0 bridgehead atoms. The number of likely N-dealkylation sites (tertiary alicyclic amines) is 1. The molecule has 2 aromatic rings. The zero-order valence-corrected chi connectivity index (χ0v) is 13.6. The van der Waals surface area contributed by atoms with Crippen molar-refractivity contribution in [2.24, 2.45) is 0 Å². The van der Waals surface area contributed by atoms with E-state index < -0.39 is 5.63 Å². The highest BCUT2D eigenvalue weighted by atomic mass is 35.5. The third-order valence-corrected chi connectivity index (χ3v) is 5.01. The van der Waals surface area contributed by atoms with E-state index in [0.29, 0.717) is 23.7 Å². The van der Waals surface area contributed by atoms with Crippen LogP contribution in [0.15, 0.2) is 21.3 Å². The minimum atomic E-state index is -0.422. The van der Waals surface area contributed by atoms with Gasteiger partial charge in [0.1, 0.15) is 12.1 Å². The Bertz CT molecular complexity index is 769. The van der Waals surface area contributed by atoms with Crippen LogP contribution in [0.2, 0.25) is 5.02 Å². The second kappa shape index (κ2) is 5.94. The van der Waals surface area contributed by atoms with Gasteiger partial charge in [-0.3, -0.25) is 0 Å². The fourth-order valence-corrected chi connectivity index (χ4v) is 3.59. The number of benzene rings is 1. The first-order chi connectivity index (χ1) is 10.5. The zero-order chi connectivity index (χ0) is 15.9. The molecular weight excluding hydrogens is 302 g/mol. The van der Waals surface area contributed by atoms with E-state index in [1.807, 2.05) is 6.92 Å². The molecule has 2 unspecified atom stereocenters. The maximum atomic E-state index is 12.5. The molecule has 0 spiro atoms. The van der Waals surface area contributed by atoms with Crippen LogP contribution < -0.4 is 15.6 Å². The van der Waals surface area contributed by atoms with Crippen molar-refractivity contribution < 1.29 is 14.4 Å². The molecule has 0 saturated carbocycles. The lowest BCUT2D eigenvalue weighted by atomic mass is 10.0. The van der Waals surface area contributed by atoms with E-state index in [1.165, 1.54) is 17.4 Å². The minimum Gasteiger partial charge on any atom is -0.871 e. The molecule has 2 heterocycles. The van der Waals surface area contributed by atoms with Gasteiger partial charge in [-0.1, -0.05) is 17.4 Å². The van der Waals surface area contributed by atoms with Crippen LogP contribution in [0.25, 0.3) is 11.0 Å². The van der Waals surface area contributed by atoms with E-state index in [1.54, 1.807) is 6.07 Å². The van der Waals surface area contributed by atoms with Crippen molar-refractivity contribution in [1.29, 1.82) is 0 Å². The van der Waals surface area contributed by atoms with Crippen LogP contribution in [0, 0.1) is 6.92 Å². The Kier molecular flexibility index (Phi) is 4.15. The summed E-state index contributed by atoms with van der Waals surface area (Å²) in [4.78, 5) is 13.1. The highest BCUT2D eigenvalue weighted by molar-refractivity contribution is 6.33. The molecule has 1 aliphatic heterocycles. The Morgan fingerprint density at radius 1 is 1.41 bits per heavy atom. The number of rotatable bonds is 2. The number of piperidine rings is 1. The summed E-state index contributed by atoms with van der Waals surface area (Å²) in [6.45, 7) is 5.63. The predicted octanol–water partition coefficient (Wildman–Crippen LogP) is 1.79. The first kappa shape index (κ1) is 15.4. The molecule has 0 radical (unpaired) electrons. The van der Waals surface area contributed by atoms with Gasteiger partial charge >= 0.3 is 5.63 Å². The van der Waals surface area contributed by atoms with E-state index in [2.05, 4.69) is 6.92 Å². The van der Waals surface area contributed by atoms with Gasteiger partial charge in [0, 0.05) is 22.0 Å². The molecule has 1 N–H and O–H groups in total. The van der Waals surface area contributed by atoms with Crippen molar-refractivity contribution in [2.75, 3.05) is 6.54 Å². The van der Waals surface area contributed by atoms with Gasteiger partial charge in [-0.15, -0.1) is 0 Å². The molecule has 0 aliphatic carbocycles. The number of fused-ring (bicyclic) bond motifs is 1. The summed E-state index contributed by atoms with van der Waals surface area (Å²) in [6, 6.07) is 3.54. The number of halogens is 1. The summed E-state index contributed by atoms with van der Waals surface area (Å²) in [5.41, 5.74) is 1.31. The highest BCUT2D eigenvalue weighted by Gasteiger charge is 2.24. The van der Waals surface area contributed by atoms with Gasteiger partial charge in [0.05, 0.1) is 12.6 Å². The SMILES string of the molecule is Cc1cc(=O)oc2c(C[NH+]3CCCCC3C)c([O-])c(Cl)cc12. The first-order valence-corrected chi connectivity index (χ1v) is 8.12. The molecule has 1 saturated heterocycles. The van der Waals surface area contributed by atoms with E-state index in [9.17, 15) is 9.90 Å². The largest absolute Gasteiger partial charge is 0.871 e. The fourth-order valence-electron chi connectivity index (χ4n) is 3.37. The Morgan fingerprint density at radius 3 is 2.91 bits per heavy atom. The summed E-state index contributed by atoms with van der Waals surface area (Å²) in [6.07, 6.45) is 3.56. The van der Waals surface area contributed by atoms with Gasteiger partial charge in [0.25, 0.3) is 0 Å². The van der Waals surface area contributed by atoms with Crippen LogP contribution in [0.5, 0.6) is 5.75 Å². The molecule has 1 fully saturated rings. The summed E-state index contributed by atoms with van der Waals surface area (Å²) in [5.74, 6) is -0.215. The van der Waals surface area contributed by atoms with Crippen LogP contribution in [-0.4, -0.2) is 12.6 Å². The van der Waals surface area contributed by atoms with Crippen molar-refractivity contribution in [3.05, 3.63) is 38.7 Å². The molecule has 5 heteroatoms. The Hall–Kier alpha value is -1.52. The zero-order valence-electron chi connectivity index (χ0n) is 12.9. The van der Waals surface area contributed by atoms with E-state index >= 15 is 0 Å². The van der Waals surface area contributed by atoms with Crippen LogP contribution in [0.3, 0.4) is 0 Å². The molecule has 118 valence electrons. The quantitative estimate of drug-likeness (QED) is 0.858. The van der Waals surface area contributed by atoms with Crippen LogP contribution >= 0.6 is 11.6 Å². The molecule has 0 amide bonds. The average molecular weight is 322 g/mol. The average Bonchev–Trinajstić information content (AvgIpc) is 2.47. The van der Waals surface area contributed by atoms with Crippen molar-refractivity contribution in [2.45, 2.75) is 45.7 Å². The van der Waals surface area contributed by atoms with Gasteiger partial charge in [-0.25, -0.2) is 4.79 Å². The lowest BCUT2D eigenvalue weighted by molar-refractivity contribution is -0.941. The Labute approximate surface area is 134 Å². The number of hydrogen-bond acceptors (Lipinski definition) is 3. The van der Waals surface area contributed by atoms with Crippen molar-refractivity contribution in [3.63, 3.8) is 0 Å². The highest BCUT2D eigenvalue weighted by Crippen LogP contribution is 2.33. The van der Waals surface area contributed by atoms with Gasteiger partial charge in [0.2, 0.25) is 0 Å². The third kappa shape index (κ3) is 2.73. The van der Waals surface area contributed by atoms with E-state index in [4.69, 9.17) is 16.0 Å². The monoisotopic (exact) mass is 321 g/mol. The van der Waals surface area contributed by atoms with Crippen molar-refractivity contribution >= 4 is 22.6 Å². The minimum absolute atomic E-state index is 0.198. The van der Waals surface area contributed by atoms with Crippen LogP contribution in [0.1, 0.15) is 37.3 Å². The van der Waals surface area contributed by atoms with E-state index in [0.717, 1.165) is 30.3 Å². The van der Waals surface area contributed by atoms with Gasteiger partial charge in [0.15, 0.2) is 0 Å². The molecule has 1 aliphatic rings. The lowest BCUT2D eigenvalue weighted by Crippen LogP contribution is -3.14. The summed E-state index contributed by atoms with van der Waals surface area (Å²) >= 11 is 6.12. The number of quaternary nitrogens is 1. The molecule has 3 rings (SSSR count). The lowest BCUT2D eigenvalue weighted by Gasteiger charge is -2.31. The number of hydrogen-bond donors (Lipinski definition) is 1. The Morgan fingerprint density at radius 2 is 2.18 bits per heavy atom. The van der Waals surface area contributed by atoms with Gasteiger partial charge in [-0.2, -0.15) is 0 Å². The standard InChI is InChI=1S/C17H20ClNO3/c1-10-7-15(20)22-17-12(10)8-14(18)16(21)13(17)9-19-6-4-3-5-11(19)2/h7-8,11,21H,3-6,9H2,1-2H3. The molecule has 1 aromatic heterocycles. The van der Waals surface area contributed by atoms with Gasteiger partial charge in [-0.05, 0) is 44.7 Å². The molecule has 2 atom stereocenters. The fraction of sp³-hybridized carbons (Fsp3) is 0.471. The summed E-state index contributed by atoms with van der Waals surface area (Å²) < 4.78 is 5.36. The first-order valence-electron chi connectivity index (χ1n) is 7.75. The van der Waals surface area contributed by atoms with Crippen LogP contribution in [0.4, 0.5) is 0 Å². The Balaban J connectivity index is 2.14. The van der Waals surface area contributed by atoms with Crippen molar-refractivity contribution in [1.82, 2.24) is 0 Å². The second-order valence-corrected chi connectivity index (χ2v) is 6.68. The van der Waals surface area contributed by atoms with E-state index in [-0.39, 0.29) is 10.8 Å². The molecule has 1 aromatic carbocycles. The topological polar surface area (TPSA) is 57.7 Å². The van der Waals surface area contributed by atoms with Gasteiger partial charge < -0.3 is 14.4 Å². The van der Waals surface area contributed by atoms with Crippen LogP contribution in [-0.2, 0) is 6.54 Å².